The molecule has 23 heavy (non-hydrogen) atoms. The molecule has 1 saturated carbocycles. The van der Waals surface area contributed by atoms with Gasteiger partial charge in [0.15, 0.2) is 0 Å². The third kappa shape index (κ3) is 5.00. The number of pyridine rings is 1. The zero-order valence-corrected chi connectivity index (χ0v) is 14.3. The molecular formula is C19H31N3O. The van der Waals surface area contributed by atoms with E-state index in [9.17, 15) is 5.11 Å². The average Bonchev–Trinajstić information content (AvgIpc) is 2.55. The standard InChI is InChI=1S/C19H31N3O/c1-15-13-22(14-17-6-2-3-9-20-17)10-8-19(15)21-12-16-5-4-7-18(23)11-16/h2-3,6,9,15-16,18-19,21,23H,4-5,7-8,10-14H2,1H3. The van der Waals surface area contributed by atoms with Gasteiger partial charge in [-0.3, -0.25) is 9.88 Å². The van der Waals surface area contributed by atoms with Crippen molar-refractivity contribution in [2.75, 3.05) is 19.6 Å². The Hall–Kier alpha value is -0.970. The molecule has 2 heterocycles. The fourth-order valence-corrected chi connectivity index (χ4v) is 4.17. The van der Waals surface area contributed by atoms with Crippen molar-refractivity contribution < 1.29 is 5.11 Å². The third-order valence-corrected chi connectivity index (χ3v) is 5.52. The Morgan fingerprint density at radius 1 is 1.30 bits per heavy atom. The maximum Gasteiger partial charge on any atom is 0.0543 e. The normalized spacial score (nSPS) is 32.8. The first-order valence-electron chi connectivity index (χ1n) is 9.24. The van der Waals surface area contributed by atoms with Gasteiger partial charge < -0.3 is 10.4 Å². The van der Waals surface area contributed by atoms with E-state index in [1.165, 1.54) is 25.0 Å². The summed E-state index contributed by atoms with van der Waals surface area (Å²) in [4.78, 5) is 6.96. The second kappa shape index (κ2) is 8.22. The molecule has 1 aromatic heterocycles. The lowest BCUT2D eigenvalue weighted by Gasteiger charge is -2.38. The minimum atomic E-state index is -0.0619. The number of aromatic nitrogens is 1. The molecule has 0 radical (unpaired) electrons. The highest BCUT2D eigenvalue weighted by molar-refractivity contribution is 5.03. The van der Waals surface area contributed by atoms with Crippen molar-refractivity contribution in [1.82, 2.24) is 15.2 Å². The van der Waals surface area contributed by atoms with Crippen molar-refractivity contribution in [2.24, 2.45) is 11.8 Å². The fourth-order valence-electron chi connectivity index (χ4n) is 4.17. The average molecular weight is 317 g/mol. The van der Waals surface area contributed by atoms with Gasteiger partial charge >= 0.3 is 0 Å². The molecule has 4 heteroatoms. The van der Waals surface area contributed by atoms with Crippen molar-refractivity contribution in [3.8, 4) is 0 Å². The fraction of sp³-hybridized carbons (Fsp3) is 0.737. The van der Waals surface area contributed by atoms with E-state index in [1.807, 2.05) is 12.3 Å². The summed E-state index contributed by atoms with van der Waals surface area (Å²) in [7, 11) is 0. The van der Waals surface area contributed by atoms with Gasteiger partial charge in [0.05, 0.1) is 11.8 Å². The van der Waals surface area contributed by atoms with Gasteiger partial charge in [0.2, 0.25) is 0 Å². The number of rotatable bonds is 5. The maximum atomic E-state index is 9.80. The number of likely N-dealkylation sites (tertiary alicyclic amines) is 1. The molecule has 2 fully saturated rings. The van der Waals surface area contributed by atoms with E-state index < -0.39 is 0 Å². The van der Waals surface area contributed by atoms with E-state index >= 15 is 0 Å². The minimum Gasteiger partial charge on any atom is -0.393 e. The summed E-state index contributed by atoms with van der Waals surface area (Å²) in [6.07, 6.45) is 7.48. The van der Waals surface area contributed by atoms with Gasteiger partial charge in [-0.05, 0) is 56.2 Å². The number of aliphatic hydroxyl groups is 1. The van der Waals surface area contributed by atoms with Gasteiger partial charge in [0.1, 0.15) is 0 Å². The zero-order valence-electron chi connectivity index (χ0n) is 14.3. The molecule has 1 aliphatic carbocycles. The Morgan fingerprint density at radius 2 is 2.22 bits per heavy atom. The number of piperidine rings is 1. The molecule has 0 spiro atoms. The number of hydrogen-bond acceptors (Lipinski definition) is 4. The molecule has 128 valence electrons. The Balaban J connectivity index is 1.41. The van der Waals surface area contributed by atoms with E-state index in [0.29, 0.717) is 17.9 Å². The molecule has 1 aliphatic heterocycles. The van der Waals surface area contributed by atoms with Crippen LogP contribution in [0.2, 0.25) is 0 Å². The van der Waals surface area contributed by atoms with Crippen LogP contribution >= 0.6 is 0 Å². The van der Waals surface area contributed by atoms with Gasteiger partial charge in [-0.2, -0.15) is 0 Å². The van der Waals surface area contributed by atoms with Crippen LogP contribution in [-0.4, -0.2) is 46.8 Å². The topological polar surface area (TPSA) is 48.4 Å². The van der Waals surface area contributed by atoms with Crippen LogP contribution in [0.4, 0.5) is 0 Å². The number of nitrogens with one attached hydrogen (secondary N) is 1. The van der Waals surface area contributed by atoms with Crippen LogP contribution in [0.3, 0.4) is 0 Å². The minimum absolute atomic E-state index is 0.0619. The van der Waals surface area contributed by atoms with Crippen LogP contribution in [0, 0.1) is 11.8 Å². The molecule has 3 rings (SSSR count). The van der Waals surface area contributed by atoms with Gasteiger partial charge in [0, 0.05) is 31.9 Å². The zero-order chi connectivity index (χ0) is 16.1. The van der Waals surface area contributed by atoms with Crippen LogP contribution in [0.25, 0.3) is 0 Å². The summed E-state index contributed by atoms with van der Waals surface area (Å²) in [6.45, 7) is 6.68. The van der Waals surface area contributed by atoms with Crippen molar-refractivity contribution in [3.63, 3.8) is 0 Å². The lowest BCUT2D eigenvalue weighted by Crippen LogP contribution is -2.49. The van der Waals surface area contributed by atoms with E-state index in [0.717, 1.165) is 39.0 Å². The quantitative estimate of drug-likeness (QED) is 0.876. The lowest BCUT2D eigenvalue weighted by atomic mass is 9.86. The number of hydrogen-bond donors (Lipinski definition) is 2. The lowest BCUT2D eigenvalue weighted by molar-refractivity contribution is 0.0931. The van der Waals surface area contributed by atoms with Crippen molar-refractivity contribution in [1.29, 1.82) is 0 Å². The monoisotopic (exact) mass is 317 g/mol. The molecule has 0 aromatic carbocycles. The smallest absolute Gasteiger partial charge is 0.0543 e. The molecule has 0 amide bonds. The summed E-state index contributed by atoms with van der Waals surface area (Å²) in [5.41, 5.74) is 1.17. The molecule has 1 saturated heterocycles. The summed E-state index contributed by atoms with van der Waals surface area (Å²) >= 11 is 0. The van der Waals surface area contributed by atoms with Gasteiger partial charge in [-0.25, -0.2) is 0 Å². The molecular weight excluding hydrogens is 286 g/mol. The van der Waals surface area contributed by atoms with Gasteiger partial charge in [-0.15, -0.1) is 0 Å². The van der Waals surface area contributed by atoms with Crippen LogP contribution in [0.1, 0.15) is 44.7 Å². The Morgan fingerprint density at radius 3 is 2.96 bits per heavy atom. The molecule has 2 N–H and O–H groups in total. The summed E-state index contributed by atoms with van der Waals surface area (Å²) in [6, 6.07) is 6.78. The Kier molecular flexibility index (Phi) is 6.03. The van der Waals surface area contributed by atoms with Crippen molar-refractivity contribution in [2.45, 2.75) is 57.7 Å². The van der Waals surface area contributed by atoms with Crippen molar-refractivity contribution >= 4 is 0 Å². The maximum absolute atomic E-state index is 9.80. The summed E-state index contributed by atoms with van der Waals surface area (Å²) < 4.78 is 0. The molecule has 4 nitrogen and oxygen atoms in total. The summed E-state index contributed by atoms with van der Waals surface area (Å²) in [5, 5.41) is 13.6. The van der Waals surface area contributed by atoms with E-state index in [4.69, 9.17) is 0 Å². The first-order valence-corrected chi connectivity index (χ1v) is 9.24. The number of nitrogens with zero attached hydrogens (tertiary/aromatic N) is 2. The van der Waals surface area contributed by atoms with Crippen molar-refractivity contribution in [3.05, 3.63) is 30.1 Å². The first kappa shape index (κ1) is 16.9. The Bertz CT molecular complexity index is 467. The van der Waals surface area contributed by atoms with Gasteiger partial charge in [0.25, 0.3) is 0 Å². The van der Waals surface area contributed by atoms with Gasteiger partial charge in [-0.1, -0.05) is 19.4 Å². The first-order chi connectivity index (χ1) is 11.2. The molecule has 4 atom stereocenters. The van der Waals surface area contributed by atoms with Crippen LogP contribution in [0.15, 0.2) is 24.4 Å². The highest BCUT2D eigenvalue weighted by Gasteiger charge is 2.27. The highest BCUT2D eigenvalue weighted by atomic mass is 16.3. The van der Waals surface area contributed by atoms with Crippen LogP contribution in [0.5, 0.6) is 0 Å². The predicted octanol–water partition coefficient (Wildman–Crippen LogP) is 2.43. The Labute approximate surface area is 140 Å². The largest absolute Gasteiger partial charge is 0.393 e. The van der Waals surface area contributed by atoms with E-state index in [1.54, 1.807) is 0 Å². The predicted molar refractivity (Wildman–Crippen MR) is 93.1 cm³/mol. The summed E-state index contributed by atoms with van der Waals surface area (Å²) in [5.74, 6) is 1.33. The molecule has 4 unspecified atom stereocenters. The molecule has 0 bridgehead atoms. The SMILES string of the molecule is CC1CN(Cc2ccccn2)CCC1NCC1CCCC(O)C1. The highest BCUT2D eigenvalue weighted by Crippen LogP contribution is 2.25. The molecule has 2 aliphatic rings. The van der Waals surface area contributed by atoms with E-state index in [-0.39, 0.29) is 6.10 Å². The van der Waals surface area contributed by atoms with Crippen LogP contribution in [-0.2, 0) is 6.54 Å². The molecule has 1 aromatic rings. The second-order valence-electron chi connectivity index (χ2n) is 7.52. The van der Waals surface area contributed by atoms with E-state index in [2.05, 4.69) is 34.3 Å². The third-order valence-electron chi connectivity index (χ3n) is 5.52. The van der Waals surface area contributed by atoms with Crippen LogP contribution < -0.4 is 5.32 Å². The number of aliphatic hydroxyl groups excluding tert-OH is 1. The second-order valence-corrected chi connectivity index (χ2v) is 7.52.